The molecule has 6 fully saturated rings. The monoisotopic (exact) mass is 1700 g/mol. The van der Waals surface area contributed by atoms with Crippen molar-refractivity contribution in [1.82, 2.24) is 19.6 Å². The number of anilines is 2. The zero-order valence-electron chi connectivity index (χ0n) is 74.0. The maximum atomic E-state index is 14.2. The Hall–Kier alpha value is -10.8. The van der Waals surface area contributed by atoms with E-state index in [2.05, 4.69) is 58.3 Å². The Labute approximate surface area is 728 Å². The number of Topliss-reactive ketones (excluding diaryl/α,β-unsaturated/α-hetero) is 4. The van der Waals surface area contributed by atoms with Crippen LogP contribution in [0.25, 0.3) is 0 Å². The lowest BCUT2D eigenvalue weighted by Crippen LogP contribution is -2.45. The number of amides is 4. The highest BCUT2D eigenvalue weighted by atomic mass is 19.1. The molecule has 6 aromatic rings. The van der Waals surface area contributed by atoms with Crippen LogP contribution in [-0.2, 0) is 102 Å². The minimum Gasteiger partial charge on any atom is -0.469 e. The largest absolute Gasteiger partial charge is 0.469 e. The molecule has 0 spiro atoms. The van der Waals surface area contributed by atoms with Crippen molar-refractivity contribution in [2.45, 2.75) is 232 Å². The molecule has 0 bridgehead atoms. The van der Waals surface area contributed by atoms with Crippen molar-refractivity contribution in [3.8, 4) is 0 Å². The summed E-state index contributed by atoms with van der Waals surface area (Å²) in [7, 11) is 5.25. The third-order valence-corrected chi connectivity index (χ3v) is 26.6. The molecule has 22 nitrogen and oxygen atoms in total. The zero-order chi connectivity index (χ0) is 89.3. The zero-order valence-corrected chi connectivity index (χ0v) is 74.0. The van der Waals surface area contributed by atoms with Crippen molar-refractivity contribution in [2.75, 3.05) is 64.4 Å². The minimum absolute atomic E-state index is 0.0135. The predicted octanol–water partition coefficient (Wildman–Crippen LogP) is 15.6. The number of hydrogen-bond acceptors (Lipinski definition) is 18. The van der Waals surface area contributed by atoms with Gasteiger partial charge in [-0.25, -0.2) is 8.78 Å². The summed E-state index contributed by atoms with van der Waals surface area (Å²) in [6.45, 7) is 17.2. The smallest absolute Gasteiger partial charge is 0.306 e. The minimum atomic E-state index is -0.548. The van der Waals surface area contributed by atoms with E-state index in [1.165, 1.54) is 52.7 Å². The van der Waals surface area contributed by atoms with E-state index in [4.69, 9.17) is 18.9 Å². The number of benzene rings is 6. The number of carbonyl (C=O) groups excluding carboxylic acids is 12. The van der Waals surface area contributed by atoms with Crippen molar-refractivity contribution in [1.29, 1.82) is 0 Å². The van der Waals surface area contributed by atoms with E-state index < -0.39 is 71.7 Å². The Morgan fingerprint density at radius 2 is 0.484 bits per heavy atom. The predicted molar refractivity (Wildman–Crippen MR) is 467 cm³/mol. The SMILES string of the molecule is COC(=O)C[C@H](C(=O)N1CCC[C@H]1C(=O)Cc1ccc([C@@H]2CC[C@@H](c3ccc(CC(=O)[C@@H]4CCCN4C(=O)[C@@H](CC(=O)OC)C(C)C)cc3)N2c2ccc(F)cc2)cc1)C(C)C.COC(=O)C[C@H](C(=O)N1CCC[C@H]1C(=O)Cc1ccc([C@H]2CC[C@H](c3ccc(CC(=O)[C@@H]4CCCN4C(=O)[C@@H](CC(=O)OC)C(C)C)cc3)N2c2ccc(F)cc2)cc1)C(C)C. The Bertz CT molecular complexity index is 4180. The molecule has 12 atom stereocenters. The number of ether oxygens (including phenoxy) is 4. The van der Waals surface area contributed by atoms with Crippen LogP contribution in [0.4, 0.5) is 20.2 Å². The first-order chi connectivity index (χ1) is 59.4. The Morgan fingerprint density at radius 3 is 0.661 bits per heavy atom. The Balaban J connectivity index is 0.000000241. The van der Waals surface area contributed by atoms with E-state index in [1.54, 1.807) is 43.9 Å². The fourth-order valence-electron chi connectivity index (χ4n) is 19.4. The van der Waals surface area contributed by atoms with Crippen LogP contribution in [0, 0.1) is 59.0 Å². The number of halogens is 2. The molecule has 6 aliphatic rings. The summed E-state index contributed by atoms with van der Waals surface area (Å²) < 4.78 is 47.8. The highest BCUT2D eigenvalue weighted by Crippen LogP contribution is 2.49. The molecule has 0 unspecified atom stereocenters. The van der Waals surface area contributed by atoms with Gasteiger partial charge in [-0.3, -0.25) is 57.5 Å². The first-order valence-corrected chi connectivity index (χ1v) is 44.4. The Morgan fingerprint density at radius 1 is 0.290 bits per heavy atom. The van der Waals surface area contributed by atoms with E-state index in [0.717, 1.165) is 107 Å². The van der Waals surface area contributed by atoms with Crippen molar-refractivity contribution >= 4 is 82.0 Å². The molecule has 12 rings (SSSR count). The quantitative estimate of drug-likeness (QED) is 0.0268. The topological polar surface area (TPSA) is 261 Å². The molecule has 0 aromatic heterocycles. The molecular formula is C100H124F2N6O16. The normalized spacial score (nSPS) is 21.0. The average Bonchev–Trinajstić information content (AvgIpc) is 1.62. The summed E-state index contributed by atoms with van der Waals surface area (Å²) in [5.41, 5.74) is 9.45. The van der Waals surface area contributed by atoms with Crippen molar-refractivity contribution < 1.29 is 85.3 Å². The molecule has 124 heavy (non-hydrogen) atoms. The van der Waals surface area contributed by atoms with E-state index in [9.17, 15) is 66.3 Å². The molecular weight excluding hydrogens is 1580 g/mol. The molecule has 24 heteroatoms. The molecule has 6 heterocycles. The van der Waals surface area contributed by atoms with Gasteiger partial charge in [0.2, 0.25) is 23.6 Å². The van der Waals surface area contributed by atoms with E-state index in [-0.39, 0.29) is 158 Å². The maximum absolute atomic E-state index is 14.2. The summed E-state index contributed by atoms with van der Waals surface area (Å²) in [6, 6.07) is 43.1. The van der Waals surface area contributed by atoms with Gasteiger partial charge >= 0.3 is 23.9 Å². The number of hydrogen-bond donors (Lipinski definition) is 0. The number of ketones is 4. The molecule has 0 aliphatic carbocycles. The van der Waals surface area contributed by atoms with Gasteiger partial charge in [-0.1, -0.05) is 152 Å². The van der Waals surface area contributed by atoms with Gasteiger partial charge in [-0.15, -0.1) is 0 Å². The van der Waals surface area contributed by atoms with Gasteiger partial charge in [-0.05, 0) is 194 Å². The Kier molecular flexibility index (Phi) is 32.7. The number of likely N-dealkylation sites (tertiary alicyclic amines) is 4. The van der Waals surface area contributed by atoms with Gasteiger partial charge in [0.05, 0.1) is 126 Å². The highest BCUT2D eigenvalue weighted by Gasteiger charge is 2.45. The van der Waals surface area contributed by atoms with Gasteiger partial charge in [0.25, 0.3) is 0 Å². The standard InChI is InChI=1S/2C50H62FN3O8/c2*1-31(2)39(29-47(57)61-5)49(59)52-25-7-9-43(52)45(55)27-33-11-15-35(16-12-33)41-23-24-42(54(41)38-21-19-37(51)20-22-38)36-17-13-34(14-18-36)28-46(56)44-10-8-26-53(44)50(60)40(32(3)4)30-48(58)62-6/h2*11-22,31-32,39-44H,7-10,23-30H2,1-6H3/t39-,40-,41+,42+,43-,44-;39-,40-,41-,42-,43-,44-/m00/s1. The van der Waals surface area contributed by atoms with Gasteiger partial charge < -0.3 is 48.3 Å². The number of nitrogens with zero attached hydrogens (tertiary/aromatic N) is 6. The fourth-order valence-corrected chi connectivity index (χ4v) is 19.4. The highest BCUT2D eigenvalue weighted by molar-refractivity contribution is 5.96. The number of esters is 4. The van der Waals surface area contributed by atoms with Crippen LogP contribution in [0.15, 0.2) is 146 Å². The molecule has 0 N–H and O–H groups in total. The summed E-state index contributed by atoms with van der Waals surface area (Å²) >= 11 is 0. The van der Waals surface area contributed by atoms with Gasteiger partial charge in [0.15, 0.2) is 23.1 Å². The third kappa shape index (κ3) is 22.8. The molecule has 4 amide bonds. The second kappa shape index (κ2) is 43.2. The lowest BCUT2D eigenvalue weighted by Gasteiger charge is -2.33. The maximum Gasteiger partial charge on any atom is 0.306 e. The molecule has 6 saturated heterocycles. The summed E-state index contributed by atoms with van der Waals surface area (Å²) in [5.74, 6) is -5.68. The van der Waals surface area contributed by atoms with Crippen LogP contribution in [0.5, 0.6) is 0 Å². The third-order valence-electron chi connectivity index (χ3n) is 26.6. The van der Waals surface area contributed by atoms with Crippen LogP contribution >= 0.6 is 0 Å². The first kappa shape index (κ1) is 93.9. The van der Waals surface area contributed by atoms with Crippen LogP contribution in [-0.4, -0.2) is 169 Å². The molecule has 0 radical (unpaired) electrons. The van der Waals surface area contributed by atoms with E-state index >= 15 is 0 Å². The van der Waals surface area contributed by atoms with Crippen LogP contribution < -0.4 is 9.80 Å². The fraction of sp³-hybridized carbons (Fsp3) is 0.520. The van der Waals surface area contributed by atoms with Crippen molar-refractivity contribution in [3.05, 3.63) is 202 Å². The lowest BCUT2D eigenvalue weighted by atomic mass is 9.90. The van der Waals surface area contributed by atoms with Gasteiger partial charge in [-0.2, -0.15) is 0 Å². The summed E-state index contributed by atoms with van der Waals surface area (Å²) in [6.07, 6.45) is 9.33. The second-order valence-electron chi connectivity index (χ2n) is 35.8. The van der Waals surface area contributed by atoms with E-state index in [0.29, 0.717) is 51.9 Å². The van der Waals surface area contributed by atoms with Gasteiger partial charge in [0.1, 0.15) is 11.6 Å². The van der Waals surface area contributed by atoms with Crippen molar-refractivity contribution in [2.24, 2.45) is 47.3 Å². The van der Waals surface area contributed by atoms with Gasteiger partial charge in [0, 0.05) is 63.2 Å². The molecule has 6 aromatic carbocycles. The van der Waals surface area contributed by atoms with Crippen LogP contribution in [0.2, 0.25) is 0 Å². The number of carbonyl (C=O) groups is 12. The van der Waals surface area contributed by atoms with Crippen molar-refractivity contribution in [3.63, 3.8) is 0 Å². The average molecular weight is 1700 g/mol. The molecule has 0 saturated carbocycles. The first-order valence-electron chi connectivity index (χ1n) is 44.4. The number of methoxy groups -OCH3 is 4. The van der Waals surface area contributed by atoms with E-state index in [1.807, 2.05) is 104 Å². The number of rotatable bonds is 34. The lowest BCUT2D eigenvalue weighted by molar-refractivity contribution is -0.149. The second-order valence-corrected chi connectivity index (χ2v) is 35.8. The molecule has 6 aliphatic heterocycles. The summed E-state index contributed by atoms with van der Waals surface area (Å²) in [4.78, 5) is 169. The molecule has 664 valence electrons. The van der Waals surface area contributed by atoms with Crippen LogP contribution in [0.1, 0.15) is 227 Å². The van der Waals surface area contributed by atoms with Crippen LogP contribution in [0.3, 0.4) is 0 Å². The summed E-state index contributed by atoms with van der Waals surface area (Å²) in [5, 5.41) is 0.